The lowest BCUT2D eigenvalue weighted by molar-refractivity contribution is -0.121. The van der Waals surface area contributed by atoms with Gasteiger partial charge < -0.3 is 9.80 Å². The molecule has 0 aliphatic carbocycles. The highest BCUT2D eigenvalue weighted by molar-refractivity contribution is 6.04. The van der Waals surface area contributed by atoms with Crippen LogP contribution in [0.1, 0.15) is 18.4 Å². The van der Waals surface area contributed by atoms with Crippen molar-refractivity contribution in [3.8, 4) is 0 Å². The Morgan fingerprint density at radius 3 is 2.55 bits per heavy atom. The minimum atomic E-state index is -0.309. The average Bonchev–Trinajstić information content (AvgIpc) is 2.56. The summed E-state index contributed by atoms with van der Waals surface area (Å²) in [6, 6.07) is 5.01. The average molecular weight is 304 g/mol. The second-order valence-corrected chi connectivity index (χ2v) is 5.39. The van der Waals surface area contributed by atoms with E-state index in [0.717, 1.165) is 6.41 Å². The number of carbonyl (C=O) groups is 2. The van der Waals surface area contributed by atoms with Crippen LogP contribution in [0, 0.1) is 5.82 Å². The Hall–Kier alpha value is -2.44. The molecular formula is C15H17FN4O2. The molecule has 0 atom stereocenters. The lowest BCUT2D eigenvalue weighted by atomic mass is 10.0. The maximum absolute atomic E-state index is 14.4. The number of anilines is 1. The van der Waals surface area contributed by atoms with Gasteiger partial charge >= 0.3 is 0 Å². The van der Waals surface area contributed by atoms with Gasteiger partial charge in [-0.15, -0.1) is 0 Å². The molecule has 2 aliphatic rings. The molecule has 1 saturated heterocycles. The molecule has 1 aromatic carbocycles. The Kier molecular flexibility index (Phi) is 4.04. The van der Waals surface area contributed by atoms with Crippen molar-refractivity contribution in [2.75, 3.05) is 31.1 Å². The number of hydrazone groups is 1. The summed E-state index contributed by atoms with van der Waals surface area (Å²) in [5, 5.41) is 3.98. The highest BCUT2D eigenvalue weighted by atomic mass is 19.1. The van der Waals surface area contributed by atoms with Crippen LogP contribution in [0.15, 0.2) is 23.3 Å². The fourth-order valence-corrected chi connectivity index (χ4v) is 2.69. The lowest BCUT2D eigenvalue weighted by Crippen LogP contribution is -2.46. The molecule has 1 fully saturated rings. The van der Waals surface area contributed by atoms with Gasteiger partial charge in [-0.1, -0.05) is 6.07 Å². The van der Waals surface area contributed by atoms with Crippen molar-refractivity contribution in [3.05, 3.63) is 29.6 Å². The van der Waals surface area contributed by atoms with Crippen molar-refractivity contribution < 1.29 is 14.0 Å². The number of hydrogen-bond donors (Lipinski definition) is 1. The summed E-state index contributed by atoms with van der Waals surface area (Å²) in [6.45, 7) is 2.44. The molecule has 0 radical (unpaired) electrons. The van der Waals surface area contributed by atoms with Gasteiger partial charge in [0.25, 0.3) is 0 Å². The zero-order valence-electron chi connectivity index (χ0n) is 12.1. The van der Waals surface area contributed by atoms with Crippen molar-refractivity contribution in [1.82, 2.24) is 10.3 Å². The van der Waals surface area contributed by atoms with Crippen LogP contribution < -0.4 is 10.3 Å². The van der Waals surface area contributed by atoms with Gasteiger partial charge in [0.15, 0.2) is 0 Å². The molecule has 0 spiro atoms. The number of amides is 2. The van der Waals surface area contributed by atoms with Crippen LogP contribution in [0.2, 0.25) is 0 Å². The SMILES string of the molecule is O=CN1CCN(c2ccc(C3=NNC(=O)CC3)cc2F)CC1. The van der Waals surface area contributed by atoms with E-state index >= 15 is 0 Å². The Labute approximate surface area is 127 Å². The topological polar surface area (TPSA) is 65.0 Å². The fraction of sp³-hybridized carbons (Fsp3) is 0.400. The third kappa shape index (κ3) is 2.93. The summed E-state index contributed by atoms with van der Waals surface area (Å²) in [5.74, 6) is -0.425. The predicted molar refractivity (Wildman–Crippen MR) is 80.2 cm³/mol. The molecule has 2 amide bonds. The van der Waals surface area contributed by atoms with E-state index in [-0.39, 0.29) is 11.7 Å². The Balaban J connectivity index is 1.75. The predicted octanol–water partition coefficient (Wildman–Crippen LogP) is 0.718. The Bertz CT molecular complexity index is 624. The highest BCUT2D eigenvalue weighted by Crippen LogP contribution is 2.23. The van der Waals surface area contributed by atoms with Crippen LogP contribution in [0.3, 0.4) is 0 Å². The zero-order valence-corrected chi connectivity index (χ0v) is 12.1. The van der Waals surface area contributed by atoms with Gasteiger partial charge in [0.1, 0.15) is 5.82 Å². The van der Waals surface area contributed by atoms with E-state index in [1.807, 2.05) is 11.0 Å². The van der Waals surface area contributed by atoms with Gasteiger partial charge in [-0.05, 0) is 12.1 Å². The van der Waals surface area contributed by atoms with Gasteiger partial charge in [-0.3, -0.25) is 9.59 Å². The molecule has 0 bridgehead atoms. The van der Waals surface area contributed by atoms with Crippen molar-refractivity contribution in [2.24, 2.45) is 5.10 Å². The van der Waals surface area contributed by atoms with Crippen LogP contribution in [-0.4, -0.2) is 49.1 Å². The molecule has 22 heavy (non-hydrogen) atoms. The van der Waals surface area contributed by atoms with Crippen molar-refractivity contribution in [1.29, 1.82) is 0 Å². The number of nitrogens with zero attached hydrogens (tertiary/aromatic N) is 3. The smallest absolute Gasteiger partial charge is 0.240 e. The van der Waals surface area contributed by atoms with Gasteiger partial charge in [0.2, 0.25) is 12.3 Å². The second kappa shape index (κ2) is 6.13. The first-order valence-corrected chi connectivity index (χ1v) is 7.27. The van der Waals surface area contributed by atoms with Gasteiger partial charge in [-0.25, -0.2) is 9.82 Å². The largest absolute Gasteiger partial charge is 0.366 e. The summed E-state index contributed by atoms with van der Waals surface area (Å²) in [5.41, 5.74) is 4.33. The fourth-order valence-electron chi connectivity index (χ4n) is 2.69. The van der Waals surface area contributed by atoms with Gasteiger partial charge in [0.05, 0.1) is 11.4 Å². The molecule has 0 saturated carbocycles. The van der Waals surface area contributed by atoms with Crippen LogP contribution in [-0.2, 0) is 9.59 Å². The molecule has 116 valence electrons. The van der Waals surface area contributed by atoms with Crippen LogP contribution in [0.5, 0.6) is 0 Å². The summed E-state index contributed by atoms with van der Waals surface area (Å²) in [4.78, 5) is 25.4. The highest BCUT2D eigenvalue weighted by Gasteiger charge is 2.20. The number of hydrogen-bond acceptors (Lipinski definition) is 4. The summed E-state index contributed by atoms with van der Waals surface area (Å²) in [7, 11) is 0. The molecule has 0 aromatic heterocycles. The molecule has 1 aromatic rings. The maximum Gasteiger partial charge on any atom is 0.240 e. The van der Waals surface area contributed by atoms with E-state index in [0.29, 0.717) is 56.0 Å². The van der Waals surface area contributed by atoms with Crippen molar-refractivity contribution >= 4 is 23.7 Å². The number of rotatable bonds is 3. The first kappa shape index (κ1) is 14.5. The zero-order chi connectivity index (χ0) is 15.5. The minimum Gasteiger partial charge on any atom is -0.366 e. The molecule has 0 unspecified atom stereocenters. The number of halogens is 1. The second-order valence-electron chi connectivity index (χ2n) is 5.39. The quantitative estimate of drug-likeness (QED) is 0.837. The number of benzene rings is 1. The van der Waals surface area contributed by atoms with Crippen molar-refractivity contribution in [2.45, 2.75) is 12.8 Å². The summed E-state index contributed by atoms with van der Waals surface area (Å²) in [6.07, 6.45) is 1.71. The van der Waals surface area contributed by atoms with E-state index in [4.69, 9.17) is 0 Å². The Morgan fingerprint density at radius 1 is 1.18 bits per heavy atom. The number of carbonyl (C=O) groups excluding carboxylic acids is 2. The molecule has 2 aliphatic heterocycles. The van der Waals surface area contributed by atoms with Gasteiger partial charge in [-0.2, -0.15) is 5.10 Å². The molecule has 3 rings (SSSR count). The van der Waals surface area contributed by atoms with Crippen LogP contribution in [0.25, 0.3) is 0 Å². The normalized spacial score (nSPS) is 18.8. The van der Waals surface area contributed by atoms with E-state index in [1.165, 1.54) is 6.07 Å². The standard InChI is InChI=1S/C15H17FN4O2/c16-12-9-11(13-2-4-15(22)18-17-13)1-3-14(12)20-7-5-19(10-21)6-8-20/h1,3,9-10H,2,4-8H2,(H,18,22). The molecular weight excluding hydrogens is 287 g/mol. The summed E-state index contributed by atoms with van der Waals surface area (Å²) >= 11 is 0. The summed E-state index contributed by atoms with van der Waals surface area (Å²) < 4.78 is 14.4. The van der Waals surface area contributed by atoms with Crippen molar-refractivity contribution in [3.63, 3.8) is 0 Å². The third-order valence-corrected chi connectivity index (χ3v) is 3.99. The van der Waals surface area contributed by atoms with E-state index in [2.05, 4.69) is 10.5 Å². The lowest BCUT2D eigenvalue weighted by Gasteiger charge is -2.34. The van der Waals surface area contributed by atoms with Crippen LogP contribution in [0.4, 0.5) is 10.1 Å². The van der Waals surface area contributed by atoms with Crippen LogP contribution >= 0.6 is 0 Å². The van der Waals surface area contributed by atoms with E-state index < -0.39 is 0 Å². The van der Waals surface area contributed by atoms with E-state index in [1.54, 1.807) is 11.0 Å². The monoisotopic (exact) mass is 304 g/mol. The number of piperazine rings is 1. The molecule has 1 N–H and O–H groups in total. The molecule has 7 heteroatoms. The molecule has 2 heterocycles. The van der Waals surface area contributed by atoms with E-state index in [9.17, 15) is 14.0 Å². The minimum absolute atomic E-state index is 0.117. The molecule has 6 nitrogen and oxygen atoms in total. The Morgan fingerprint density at radius 2 is 1.95 bits per heavy atom. The first-order chi connectivity index (χ1) is 10.7. The number of nitrogens with one attached hydrogen (secondary N) is 1. The maximum atomic E-state index is 14.4. The first-order valence-electron chi connectivity index (χ1n) is 7.27. The van der Waals surface area contributed by atoms with Gasteiger partial charge in [0, 0.05) is 44.6 Å². The third-order valence-electron chi connectivity index (χ3n) is 3.99.